The fourth-order valence-corrected chi connectivity index (χ4v) is 4.46. The molecule has 0 N–H and O–H groups in total. The summed E-state index contributed by atoms with van der Waals surface area (Å²) < 4.78 is 0. The molecule has 2 aliphatic rings. The summed E-state index contributed by atoms with van der Waals surface area (Å²) in [6, 6.07) is 25.6. The van der Waals surface area contributed by atoms with Crippen molar-refractivity contribution in [2.45, 2.75) is 19.4 Å². The average Bonchev–Trinajstić information content (AvgIpc) is 3.25. The number of para-hydroxylation sites is 1. The van der Waals surface area contributed by atoms with Gasteiger partial charge < -0.3 is 9.80 Å². The first-order valence-electron chi connectivity index (χ1n) is 10.8. The molecule has 2 aliphatic heterocycles. The van der Waals surface area contributed by atoms with E-state index in [4.69, 9.17) is 0 Å². The highest BCUT2D eigenvalue weighted by molar-refractivity contribution is 6.07. The lowest BCUT2D eigenvalue weighted by molar-refractivity contribution is 0.0989. The minimum Gasteiger partial charge on any atom is -0.320 e. The molecule has 5 heteroatoms. The number of hydrogen-bond acceptors (Lipinski definition) is 2. The third-order valence-electron chi connectivity index (χ3n) is 6.09. The van der Waals surface area contributed by atoms with E-state index in [0.717, 1.165) is 36.3 Å². The van der Waals surface area contributed by atoms with Crippen molar-refractivity contribution in [3.63, 3.8) is 0 Å². The van der Waals surface area contributed by atoms with Crippen molar-refractivity contribution in [2.75, 3.05) is 29.4 Å². The highest BCUT2D eigenvalue weighted by Gasteiger charge is 2.28. The van der Waals surface area contributed by atoms with Gasteiger partial charge in [-0.05, 0) is 54.3 Å². The molecule has 156 valence electrons. The van der Waals surface area contributed by atoms with Crippen LogP contribution in [0.4, 0.5) is 16.2 Å². The molecule has 0 atom stereocenters. The summed E-state index contributed by atoms with van der Waals surface area (Å²) in [5, 5.41) is 0. The van der Waals surface area contributed by atoms with Gasteiger partial charge in [-0.3, -0.25) is 9.69 Å². The minimum absolute atomic E-state index is 0.00664. The Kier molecular flexibility index (Phi) is 5.16. The standard InChI is InChI=1S/C26H25N3O2/c30-25(29-18-15-21-9-4-5-10-24(21)29)22-11-13-23(14-12-22)28-17-6-16-27(26(28)31)19-20-7-2-1-3-8-20/h1-5,7-14H,6,15-19H2. The van der Waals surface area contributed by atoms with Crippen molar-refractivity contribution in [2.24, 2.45) is 0 Å². The third-order valence-corrected chi connectivity index (χ3v) is 6.09. The van der Waals surface area contributed by atoms with Crippen molar-refractivity contribution < 1.29 is 9.59 Å². The molecule has 0 saturated carbocycles. The summed E-state index contributed by atoms with van der Waals surface area (Å²) in [6.45, 7) is 2.77. The predicted molar refractivity (Wildman–Crippen MR) is 122 cm³/mol. The summed E-state index contributed by atoms with van der Waals surface area (Å²) in [4.78, 5) is 31.7. The highest BCUT2D eigenvalue weighted by Crippen LogP contribution is 2.29. The van der Waals surface area contributed by atoms with Crippen LogP contribution in [0.1, 0.15) is 27.9 Å². The van der Waals surface area contributed by atoms with Crippen molar-refractivity contribution in [1.29, 1.82) is 0 Å². The van der Waals surface area contributed by atoms with Crippen molar-refractivity contribution in [1.82, 2.24) is 4.90 Å². The second-order valence-electron chi connectivity index (χ2n) is 8.08. The Labute approximate surface area is 182 Å². The molecule has 0 unspecified atom stereocenters. The van der Waals surface area contributed by atoms with Crippen LogP contribution in [0.2, 0.25) is 0 Å². The largest absolute Gasteiger partial charge is 0.324 e. The second kappa shape index (κ2) is 8.26. The zero-order valence-corrected chi connectivity index (χ0v) is 17.4. The molecule has 0 aliphatic carbocycles. The topological polar surface area (TPSA) is 43.9 Å². The maximum atomic E-state index is 13.1. The molecule has 0 radical (unpaired) electrons. The van der Waals surface area contributed by atoms with Crippen molar-refractivity contribution >= 4 is 23.3 Å². The van der Waals surface area contributed by atoms with Crippen LogP contribution in [0, 0.1) is 0 Å². The van der Waals surface area contributed by atoms with Crippen LogP contribution in [-0.4, -0.2) is 36.5 Å². The SMILES string of the molecule is O=C1N(Cc2ccccc2)CCCN1c1ccc(C(=O)N2CCc3ccccc32)cc1. The summed E-state index contributed by atoms with van der Waals surface area (Å²) in [5.74, 6) is 0.00664. The molecule has 5 nitrogen and oxygen atoms in total. The number of carbonyl (C=O) groups is 2. The zero-order chi connectivity index (χ0) is 21.2. The number of fused-ring (bicyclic) bond motifs is 1. The number of anilines is 2. The lowest BCUT2D eigenvalue weighted by Crippen LogP contribution is -2.49. The minimum atomic E-state index is 0.00664. The number of benzene rings is 3. The number of carbonyl (C=O) groups excluding carboxylic acids is 2. The van der Waals surface area contributed by atoms with E-state index in [9.17, 15) is 9.59 Å². The van der Waals surface area contributed by atoms with Crippen LogP contribution in [0.3, 0.4) is 0 Å². The van der Waals surface area contributed by atoms with E-state index >= 15 is 0 Å². The van der Waals surface area contributed by atoms with Gasteiger partial charge in [0.15, 0.2) is 0 Å². The lowest BCUT2D eigenvalue weighted by atomic mass is 10.1. The first kappa shape index (κ1) is 19.4. The van der Waals surface area contributed by atoms with Gasteiger partial charge in [0, 0.05) is 43.1 Å². The monoisotopic (exact) mass is 411 g/mol. The van der Waals surface area contributed by atoms with E-state index in [2.05, 4.69) is 6.07 Å². The number of amides is 3. The zero-order valence-electron chi connectivity index (χ0n) is 17.4. The summed E-state index contributed by atoms with van der Waals surface area (Å²) in [7, 11) is 0. The van der Waals surface area contributed by atoms with Crippen LogP contribution in [0.5, 0.6) is 0 Å². The summed E-state index contributed by atoms with van der Waals surface area (Å²) in [6.07, 6.45) is 1.81. The van der Waals surface area contributed by atoms with Crippen molar-refractivity contribution in [3.8, 4) is 0 Å². The Balaban J connectivity index is 1.30. The van der Waals surface area contributed by atoms with Crippen LogP contribution in [0.15, 0.2) is 78.9 Å². The smallest absolute Gasteiger partial charge is 0.320 e. The fourth-order valence-electron chi connectivity index (χ4n) is 4.46. The van der Waals surface area contributed by atoms with Gasteiger partial charge in [-0.15, -0.1) is 0 Å². The van der Waals surface area contributed by atoms with E-state index in [1.165, 1.54) is 5.56 Å². The molecule has 0 bridgehead atoms. The predicted octanol–water partition coefficient (Wildman–Crippen LogP) is 4.72. The van der Waals surface area contributed by atoms with Gasteiger partial charge in [0.25, 0.3) is 5.91 Å². The molecule has 3 aromatic carbocycles. The lowest BCUT2D eigenvalue weighted by Gasteiger charge is -2.35. The molecule has 0 spiro atoms. The fraction of sp³-hybridized carbons (Fsp3) is 0.231. The quantitative estimate of drug-likeness (QED) is 0.623. The Morgan fingerprint density at radius 2 is 1.55 bits per heavy atom. The Bertz CT molecular complexity index is 1100. The third kappa shape index (κ3) is 3.79. The molecule has 3 amide bonds. The van der Waals surface area contributed by atoms with E-state index < -0.39 is 0 Å². The van der Waals surface area contributed by atoms with E-state index in [1.807, 2.05) is 87.5 Å². The van der Waals surface area contributed by atoms with E-state index in [-0.39, 0.29) is 11.9 Å². The summed E-state index contributed by atoms with van der Waals surface area (Å²) in [5.41, 5.74) is 4.82. The van der Waals surface area contributed by atoms with Crippen LogP contribution >= 0.6 is 0 Å². The normalized spacial score (nSPS) is 15.9. The molecular formula is C26H25N3O2. The second-order valence-corrected chi connectivity index (χ2v) is 8.08. The number of rotatable bonds is 4. The number of hydrogen-bond donors (Lipinski definition) is 0. The molecule has 31 heavy (non-hydrogen) atoms. The molecule has 5 rings (SSSR count). The molecule has 2 heterocycles. The van der Waals surface area contributed by atoms with Gasteiger partial charge in [-0.1, -0.05) is 48.5 Å². The summed E-state index contributed by atoms with van der Waals surface area (Å²) >= 11 is 0. The van der Waals surface area contributed by atoms with Crippen LogP contribution < -0.4 is 9.80 Å². The van der Waals surface area contributed by atoms with Crippen LogP contribution in [-0.2, 0) is 13.0 Å². The molecule has 1 saturated heterocycles. The van der Waals surface area contributed by atoms with Gasteiger partial charge in [0.2, 0.25) is 0 Å². The molecule has 3 aromatic rings. The number of urea groups is 1. The van der Waals surface area contributed by atoms with E-state index in [1.54, 1.807) is 0 Å². The first-order valence-corrected chi connectivity index (χ1v) is 10.8. The molecule has 0 aromatic heterocycles. The van der Waals surface area contributed by atoms with Gasteiger partial charge in [-0.2, -0.15) is 0 Å². The maximum Gasteiger partial charge on any atom is 0.324 e. The highest BCUT2D eigenvalue weighted by atomic mass is 16.2. The van der Waals surface area contributed by atoms with E-state index in [0.29, 0.717) is 25.2 Å². The average molecular weight is 412 g/mol. The Morgan fingerprint density at radius 1 is 0.806 bits per heavy atom. The Morgan fingerprint density at radius 3 is 2.35 bits per heavy atom. The van der Waals surface area contributed by atoms with Gasteiger partial charge in [-0.25, -0.2) is 4.79 Å². The van der Waals surface area contributed by atoms with Gasteiger partial charge in [0.05, 0.1) is 0 Å². The van der Waals surface area contributed by atoms with Gasteiger partial charge in [0.1, 0.15) is 0 Å². The molecular weight excluding hydrogens is 386 g/mol. The Hall–Kier alpha value is -3.60. The number of nitrogens with zero attached hydrogens (tertiary/aromatic N) is 3. The van der Waals surface area contributed by atoms with Gasteiger partial charge >= 0.3 is 6.03 Å². The van der Waals surface area contributed by atoms with Crippen molar-refractivity contribution in [3.05, 3.63) is 95.6 Å². The first-order chi connectivity index (χ1) is 15.2. The van der Waals surface area contributed by atoms with Crippen LogP contribution in [0.25, 0.3) is 0 Å². The molecule has 1 fully saturated rings. The maximum absolute atomic E-state index is 13.1.